The van der Waals surface area contributed by atoms with Crippen molar-refractivity contribution in [1.29, 1.82) is 0 Å². The van der Waals surface area contributed by atoms with E-state index in [0.29, 0.717) is 22.2 Å². The van der Waals surface area contributed by atoms with Crippen molar-refractivity contribution in [3.63, 3.8) is 0 Å². The van der Waals surface area contributed by atoms with E-state index in [4.69, 9.17) is 4.74 Å². The van der Waals surface area contributed by atoms with Crippen molar-refractivity contribution in [2.24, 2.45) is 0 Å². The van der Waals surface area contributed by atoms with Crippen LogP contribution in [0.5, 0.6) is 0 Å². The number of hydrogen-bond acceptors (Lipinski definition) is 4. The van der Waals surface area contributed by atoms with Gasteiger partial charge in [-0.2, -0.15) is 0 Å². The van der Waals surface area contributed by atoms with Gasteiger partial charge in [0, 0.05) is 28.1 Å². The van der Waals surface area contributed by atoms with Gasteiger partial charge in [0.15, 0.2) is 0 Å². The van der Waals surface area contributed by atoms with Crippen LogP contribution in [0, 0.1) is 6.92 Å². The van der Waals surface area contributed by atoms with Crippen LogP contribution in [-0.2, 0) is 9.53 Å². The standard InChI is InChI=1S/C20H16N2O3/c1-4-25-20(24)12(3)16-11(2)19(23)22-15-8-6-5-7-13(15)14-9-10-21-17(16)18(14)22/h5-10H,3-4H2,1-2H3. The van der Waals surface area contributed by atoms with Crippen molar-refractivity contribution in [2.75, 3.05) is 6.61 Å². The molecule has 5 heteroatoms. The first-order valence-corrected chi connectivity index (χ1v) is 8.06. The molecule has 3 heterocycles. The summed E-state index contributed by atoms with van der Waals surface area (Å²) in [5.41, 5.74) is 3.01. The highest BCUT2D eigenvalue weighted by molar-refractivity contribution is 6.22. The molecule has 4 rings (SSSR count). The van der Waals surface area contributed by atoms with Gasteiger partial charge in [-0.1, -0.05) is 24.8 Å². The molecule has 0 aliphatic rings. The fraction of sp³-hybridized carbons (Fsp3) is 0.150. The molecule has 4 aromatic rings. The van der Waals surface area contributed by atoms with Crippen LogP contribution >= 0.6 is 0 Å². The lowest BCUT2D eigenvalue weighted by atomic mass is 10.0. The molecule has 0 bridgehead atoms. The van der Waals surface area contributed by atoms with E-state index in [0.717, 1.165) is 16.3 Å². The molecule has 0 radical (unpaired) electrons. The highest BCUT2D eigenvalue weighted by Gasteiger charge is 2.23. The van der Waals surface area contributed by atoms with E-state index in [2.05, 4.69) is 11.6 Å². The Labute approximate surface area is 143 Å². The maximum absolute atomic E-state index is 13.1. The van der Waals surface area contributed by atoms with Gasteiger partial charge in [0.1, 0.15) is 0 Å². The van der Waals surface area contributed by atoms with Crippen LogP contribution in [0.15, 0.2) is 47.9 Å². The summed E-state index contributed by atoms with van der Waals surface area (Å²) in [5.74, 6) is -0.534. The number of hydrogen-bond donors (Lipinski definition) is 0. The summed E-state index contributed by atoms with van der Waals surface area (Å²) < 4.78 is 6.74. The predicted octanol–water partition coefficient (Wildman–Crippen LogP) is 3.32. The molecule has 0 saturated carbocycles. The van der Waals surface area contributed by atoms with Crippen molar-refractivity contribution in [3.05, 3.63) is 64.6 Å². The molecule has 0 aliphatic carbocycles. The zero-order valence-corrected chi connectivity index (χ0v) is 14.0. The summed E-state index contributed by atoms with van der Waals surface area (Å²) in [6.07, 6.45) is 1.69. The zero-order valence-electron chi connectivity index (χ0n) is 14.0. The van der Waals surface area contributed by atoms with Gasteiger partial charge in [-0.05, 0) is 26.0 Å². The molecule has 0 spiro atoms. The van der Waals surface area contributed by atoms with Crippen molar-refractivity contribution in [2.45, 2.75) is 13.8 Å². The maximum atomic E-state index is 13.1. The fourth-order valence-corrected chi connectivity index (χ4v) is 3.45. The Morgan fingerprint density at radius 2 is 2.00 bits per heavy atom. The number of para-hydroxylation sites is 1. The first-order chi connectivity index (χ1) is 12.1. The van der Waals surface area contributed by atoms with Crippen LogP contribution < -0.4 is 5.56 Å². The van der Waals surface area contributed by atoms with Crippen molar-refractivity contribution in [1.82, 2.24) is 9.38 Å². The minimum absolute atomic E-state index is 0.157. The topological polar surface area (TPSA) is 60.7 Å². The molecule has 1 aromatic carbocycles. The first kappa shape index (κ1) is 15.3. The Kier molecular flexibility index (Phi) is 3.32. The highest BCUT2D eigenvalue weighted by Crippen LogP contribution is 2.33. The molecule has 124 valence electrons. The molecule has 0 N–H and O–H groups in total. The van der Waals surface area contributed by atoms with Gasteiger partial charge in [0.05, 0.1) is 28.7 Å². The summed E-state index contributed by atoms with van der Waals surface area (Å²) in [4.78, 5) is 29.7. The van der Waals surface area contributed by atoms with Crippen LogP contribution in [-0.4, -0.2) is 22.0 Å². The zero-order chi connectivity index (χ0) is 17.7. The number of benzene rings is 1. The van der Waals surface area contributed by atoms with E-state index in [1.165, 1.54) is 0 Å². The lowest BCUT2D eigenvalue weighted by Gasteiger charge is -2.12. The van der Waals surface area contributed by atoms with E-state index < -0.39 is 5.97 Å². The van der Waals surface area contributed by atoms with Crippen LogP contribution in [0.3, 0.4) is 0 Å². The van der Waals surface area contributed by atoms with Gasteiger partial charge >= 0.3 is 5.97 Å². The second kappa shape index (κ2) is 5.41. The number of rotatable bonds is 3. The lowest BCUT2D eigenvalue weighted by molar-refractivity contribution is -0.136. The summed E-state index contributed by atoms with van der Waals surface area (Å²) in [6, 6.07) is 9.61. The second-order valence-corrected chi connectivity index (χ2v) is 5.91. The Hall–Kier alpha value is -3.21. The molecule has 0 unspecified atom stereocenters. The molecule has 0 amide bonds. The normalized spacial score (nSPS) is 11.4. The van der Waals surface area contributed by atoms with Gasteiger partial charge in [-0.15, -0.1) is 0 Å². The van der Waals surface area contributed by atoms with E-state index in [1.807, 2.05) is 30.3 Å². The number of carbonyl (C=O) groups excluding carboxylic acids is 1. The smallest absolute Gasteiger partial charge is 0.338 e. The van der Waals surface area contributed by atoms with Gasteiger partial charge in [0.25, 0.3) is 5.56 Å². The SMILES string of the molecule is C=C(C(=O)OCC)c1c(C)c(=O)n2c3ccccc3c3ccnc1c32. The Morgan fingerprint density at radius 1 is 1.24 bits per heavy atom. The van der Waals surface area contributed by atoms with E-state index in [-0.39, 0.29) is 17.7 Å². The summed E-state index contributed by atoms with van der Waals surface area (Å²) in [5, 5.41) is 1.90. The Morgan fingerprint density at radius 3 is 2.76 bits per heavy atom. The molecule has 5 nitrogen and oxygen atoms in total. The predicted molar refractivity (Wildman–Crippen MR) is 98.1 cm³/mol. The Balaban J connectivity index is 2.21. The summed E-state index contributed by atoms with van der Waals surface area (Å²) >= 11 is 0. The number of carbonyl (C=O) groups is 1. The van der Waals surface area contributed by atoms with Gasteiger partial charge in [-0.3, -0.25) is 14.2 Å². The van der Waals surface area contributed by atoms with Crippen LogP contribution in [0.25, 0.3) is 32.9 Å². The summed E-state index contributed by atoms with van der Waals surface area (Å²) in [7, 11) is 0. The maximum Gasteiger partial charge on any atom is 0.338 e. The quantitative estimate of drug-likeness (QED) is 0.426. The van der Waals surface area contributed by atoms with E-state index in [9.17, 15) is 9.59 Å². The van der Waals surface area contributed by atoms with Gasteiger partial charge in [-0.25, -0.2) is 4.79 Å². The monoisotopic (exact) mass is 332 g/mol. The third kappa shape index (κ3) is 1.99. The first-order valence-electron chi connectivity index (χ1n) is 8.06. The van der Waals surface area contributed by atoms with Crippen LogP contribution in [0.1, 0.15) is 18.1 Å². The van der Waals surface area contributed by atoms with E-state index in [1.54, 1.807) is 24.4 Å². The average Bonchev–Trinajstić information content (AvgIpc) is 2.96. The lowest BCUT2D eigenvalue weighted by Crippen LogP contribution is -2.20. The van der Waals surface area contributed by atoms with E-state index >= 15 is 0 Å². The largest absolute Gasteiger partial charge is 0.462 e. The van der Waals surface area contributed by atoms with Gasteiger partial charge in [0.2, 0.25) is 0 Å². The summed E-state index contributed by atoms with van der Waals surface area (Å²) in [6.45, 7) is 7.53. The number of esters is 1. The number of fused-ring (bicyclic) bond motifs is 3. The molecule has 0 fully saturated rings. The minimum Gasteiger partial charge on any atom is -0.462 e. The molecule has 3 aromatic heterocycles. The highest BCUT2D eigenvalue weighted by atomic mass is 16.5. The average molecular weight is 332 g/mol. The number of ether oxygens (including phenoxy) is 1. The van der Waals surface area contributed by atoms with Crippen molar-refractivity contribution in [3.8, 4) is 0 Å². The van der Waals surface area contributed by atoms with Crippen LogP contribution in [0.2, 0.25) is 0 Å². The number of pyridine rings is 2. The van der Waals surface area contributed by atoms with Crippen LogP contribution in [0.4, 0.5) is 0 Å². The minimum atomic E-state index is -0.534. The molecule has 25 heavy (non-hydrogen) atoms. The molecule has 0 saturated heterocycles. The molecular formula is C20H16N2O3. The molecule has 0 aliphatic heterocycles. The van der Waals surface area contributed by atoms with Crippen molar-refractivity contribution < 1.29 is 9.53 Å². The molecular weight excluding hydrogens is 316 g/mol. The number of aromatic nitrogens is 2. The number of nitrogens with zero attached hydrogens (tertiary/aromatic N) is 2. The fourth-order valence-electron chi connectivity index (χ4n) is 3.45. The Bertz CT molecular complexity index is 1220. The third-order valence-electron chi connectivity index (χ3n) is 4.54. The van der Waals surface area contributed by atoms with Gasteiger partial charge < -0.3 is 4.74 Å². The molecule has 0 atom stereocenters. The second-order valence-electron chi connectivity index (χ2n) is 5.91. The van der Waals surface area contributed by atoms with Crippen molar-refractivity contribution >= 4 is 38.9 Å². The third-order valence-corrected chi connectivity index (χ3v) is 4.54.